The van der Waals surface area contributed by atoms with Crippen molar-refractivity contribution in [3.05, 3.63) is 101 Å². The SMILES string of the molecule is O=C(Nc1cccc(/C=C/c2cccc(F)c2)c1C1=NCCO1)c1ccccc1. The third kappa shape index (κ3) is 4.41. The predicted octanol–water partition coefficient (Wildman–Crippen LogP) is 5.03. The number of nitrogens with zero attached hydrogens (tertiary/aromatic N) is 1. The molecular weight excluding hydrogens is 367 g/mol. The average Bonchev–Trinajstić information content (AvgIpc) is 3.27. The highest BCUT2D eigenvalue weighted by Crippen LogP contribution is 2.26. The summed E-state index contributed by atoms with van der Waals surface area (Å²) in [5.74, 6) is -0.00990. The number of carbonyl (C=O) groups is 1. The molecule has 29 heavy (non-hydrogen) atoms. The van der Waals surface area contributed by atoms with Crippen LogP contribution in [0.1, 0.15) is 27.0 Å². The van der Waals surface area contributed by atoms with E-state index in [0.29, 0.717) is 35.9 Å². The molecule has 0 aliphatic carbocycles. The lowest BCUT2D eigenvalue weighted by Crippen LogP contribution is -2.16. The highest BCUT2D eigenvalue weighted by atomic mass is 19.1. The molecule has 3 aromatic carbocycles. The van der Waals surface area contributed by atoms with Gasteiger partial charge in [0.05, 0.1) is 17.8 Å². The Balaban J connectivity index is 1.70. The van der Waals surface area contributed by atoms with Crippen LogP contribution in [0.4, 0.5) is 10.1 Å². The predicted molar refractivity (Wildman–Crippen MR) is 114 cm³/mol. The molecule has 0 saturated heterocycles. The second kappa shape index (κ2) is 8.52. The maximum absolute atomic E-state index is 13.5. The van der Waals surface area contributed by atoms with Gasteiger partial charge in [-0.1, -0.05) is 54.6 Å². The van der Waals surface area contributed by atoms with Crippen molar-refractivity contribution in [3.63, 3.8) is 0 Å². The maximum Gasteiger partial charge on any atom is 0.255 e. The van der Waals surface area contributed by atoms with Crippen LogP contribution in [0, 0.1) is 5.82 Å². The second-order valence-corrected chi connectivity index (χ2v) is 6.51. The van der Waals surface area contributed by atoms with Crippen LogP contribution in [0.5, 0.6) is 0 Å². The van der Waals surface area contributed by atoms with E-state index in [2.05, 4.69) is 10.3 Å². The highest BCUT2D eigenvalue weighted by Gasteiger charge is 2.19. The van der Waals surface area contributed by atoms with Crippen molar-refractivity contribution in [2.75, 3.05) is 18.5 Å². The molecule has 0 unspecified atom stereocenters. The van der Waals surface area contributed by atoms with Crippen molar-refractivity contribution in [1.29, 1.82) is 0 Å². The Hall–Kier alpha value is -3.73. The summed E-state index contributed by atoms with van der Waals surface area (Å²) in [4.78, 5) is 17.1. The summed E-state index contributed by atoms with van der Waals surface area (Å²) in [6.07, 6.45) is 3.69. The summed E-state index contributed by atoms with van der Waals surface area (Å²) in [5.41, 5.74) is 3.45. The third-order valence-corrected chi connectivity index (χ3v) is 4.48. The highest BCUT2D eigenvalue weighted by molar-refractivity contribution is 6.10. The van der Waals surface area contributed by atoms with Gasteiger partial charge in [-0.15, -0.1) is 0 Å². The average molecular weight is 386 g/mol. The van der Waals surface area contributed by atoms with Gasteiger partial charge >= 0.3 is 0 Å². The molecule has 4 rings (SSSR count). The number of halogens is 1. The van der Waals surface area contributed by atoms with Crippen molar-refractivity contribution in [2.45, 2.75) is 0 Å². The minimum Gasteiger partial charge on any atom is -0.475 e. The first-order valence-electron chi connectivity index (χ1n) is 9.31. The quantitative estimate of drug-likeness (QED) is 0.626. The number of amides is 1. The summed E-state index contributed by atoms with van der Waals surface area (Å²) < 4.78 is 19.1. The van der Waals surface area contributed by atoms with Crippen LogP contribution in [-0.2, 0) is 4.74 Å². The third-order valence-electron chi connectivity index (χ3n) is 4.48. The first kappa shape index (κ1) is 18.6. The van der Waals surface area contributed by atoms with E-state index in [4.69, 9.17) is 4.74 Å². The van der Waals surface area contributed by atoms with Crippen LogP contribution in [0.3, 0.4) is 0 Å². The van der Waals surface area contributed by atoms with Crippen LogP contribution in [0.15, 0.2) is 77.8 Å². The van der Waals surface area contributed by atoms with Gasteiger partial charge in [0, 0.05) is 5.56 Å². The van der Waals surface area contributed by atoms with Crippen LogP contribution >= 0.6 is 0 Å². The molecule has 0 radical (unpaired) electrons. The van der Waals surface area contributed by atoms with Crippen molar-refractivity contribution in [3.8, 4) is 0 Å². The van der Waals surface area contributed by atoms with Gasteiger partial charge in [-0.25, -0.2) is 9.38 Å². The molecule has 1 aliphatic rings. The van der Waals surface area contributed by atoms with Gasteiger partial charge in [0.15, 0.2) is 0 Å². The zero-order valence-corrected chi connectivity index (χ0v) is 15.6. The number of anilines is 1. The molecule has 5 heteroatoms. The lowest BCUT2D eigenvalue weighted by atomic mass is 10.0. The van der Waals surface area contributed by atoms with Gasteiger partial charge in [0.2, 0.25) is 5.90 Å². The van der Waals surface area contributed by atoms with Crippen LogP contribution < -0.4 is 5.32 Å². The van der Waals surface area contributed by atoms with E-state index < -0.39 is 0 Å². The zero-order chi connectivity index (χ0) is 20.1. The van der Waals surface area contributed by atoms with Gasteiger partial charge in [0.25, 0.3) is 5.91 Å². The summed E-state index contributed by atoms with van der Waals surface area (Å²) in [5, 5.41) is 2.96. The number of benzene rings is 3. The van der Waals surface area contributed by atoms with E-state index >= 15 is 0 Å². The van der Waals surface area contributed by atoms with Gasteiger partial charge in [-0.3, -0.25) is 4.79 Å². The fourth-order valence-corrected chi connectivity index (χ4v) is 3.12. The molecular formula is C24H19FN2O2. The van der Waals surface area contributed by atoms with Gasteiger partial charge in [0.1, 0.15) is 12.4 Å². The molecule has 0 saturated carbocycles. The molecule has 1 heterocycles. The summed E-state index contributed by atoms with van der Waals surface area (Å²) in [6, 6.07) is 20.9. The summed E-state index contributed by atoms with van der Waals surface area (Å²) in [7, 11) is 0. The topological polar surface area (TPSA) is 50.7 Å². The number of hydrogen-bond donors (Lipinski definition) is 1. The smallest absolute Gasteiger partial charge is 0.255 e. The number of hydrogen-bond acceptors (Lipinski definition) is 3. The fourth-order valence-electron chi connectivity index (χ4n) is 3.12. The van der Waals surface area contributed by atoms with Gasteiger partial charge < -0.3 is 10.1 Å². The molecule has 144 valence electrons. The normalized spacial score (nSPS) is 13.2. The van der Waals surface area contributed by atoms with Crippen molar-refractivity contribution in [2.24, 2.45) is 4.99 Å². The van der Waals surface area contributed by atoms with E-state index in [1.54, 1.807) is 18.2 Å². The number of rotatable bonds is 5. The lowest BCUT2D eigenvalue weighted by molar-refractivity contribution is 0.102. The lowest BCUT2D eigenvalue weighted by Gasteiger charge is -2.14. The van der Waals surface area contributed by atoms with Crippen molar-refractivity contribution >= 4 is 29.6 Å². The molecule has 0 spiro atoms. The Morgan fingerprint density at radius 1 is 1.00 bits per heavy atom. The molecule has 0 aromatic heterocycles. The maximum atomic E-state index is 13.5. The Morgan fingerprint density at radius 3 is 2.59 bits per heavy atom. The first-order chi connectivity index (χ1) is 14.2. The Bertz CT molecular complexity index is 1090. The van der Waals surface area contributed by atoms with E-state index in [1.165, 1.54) is 12.1 Å². The summed E-state index contributed by atoms with van der Waals surface area (Å²) >= 11 is 0. The van der Waals surface area contributed by atoms with Crippen LogP contribution in [-0.4, -0.2) is 25.0 Å². The molecule has 3 aromatic rings. The number of nitrogens with one attached hydrogen (secondary N) is 1. The number of carbonyl (C=O) groups excluding carboxylic acids is 1. The first-order valence-corrected chi connectivity index (χ1v) is 9.31. The van der Waals surface area contributed by atoms with Crippen molar-refractivity contribution in [1.82, 2.24) is 0 Å². The van der Waals surface area contributed by atoms with E-state index in [1.807, 2.05) is 54.6 Å². The molecule has 1 N–H and O–H groups in total. The van der Waals surface area contributed by atoms with E-state index in [9.17, 15) is 9.18 Å². The molecule has 0 fully saturated rings. The van der Waals surface area contributed by atoms with Crippen molar-refractivity contribution < 1.29 is 13.9 Å². The number of aliphatic imine (C=N–C) groups is 1. The molecule has 1 amide bonds. The molecule has 4 nitrogen and oxygen atoms in total. The van der Waals surface area contributed by atoms with E-state index in [0.717, 1.165) is 11.1 Å². The van der Waals surface area contributed by atoms with Gasteiger partial charge in [-0.2, -0.15) is 0 Å². The summed E-state index contributed by atoms with van der Waals surface area (Å²) in [6.45, 7) is 1.08. The molecule has 0 bridgehead atoms. The monoisotopic (exact) mass is 386 g/mol. The Labute approximate surface area is 168 Å². The van der Waals surface area contributed by atoms with Crippen LogP contribution in [0.25, 0.3) is 12.2 Å². The van der Waals surface area contributed by atoms with Crippen LogP contribution in [0.2, 0.25) is 0 Å². The molecule has 0 atom stereocenters. The Kier molecular flexibility index (Phi) is 5.47. The fraction of sp³-hybridized carbons (Fsp3) is 0.0833. The Morgan fingerprint density at radius 2 is 1.83 bits per heavy atom. The minimum absolute atomic E-state index is 0.211. The van der Waals surface area contributed by atoms with Gasteiger partial charge in [-0.05, 0) is 41.5 Å². The zero-order valence-electron chi connectivity index (χ0n) is 15.6. The second-order valence-electron chi connectivity index (χ2n) is 6.51. The standard InChI is InChI=1S/C24H19FN2O2/c25-20-10-4-6-17(16-20)12-13-18-9-5-11-21(22(18)24-26-14-15-29-24)27-23(28)19-7-2-1-3-8-19/h1-13,16H,14-15H2,(H,27,28)/b13-12+. The largest absolute Gasteiger partial charge is 0.475 e. The van der Waals surface area contributed by atoms with E-state index in [-0.39, 0.29) is 11.7 Å². The minimum atomic E-state index is -0.292. The molecule has 1 aliphatic heterocycles. The number of ether oxygens (including phenoxy) is 1.